The van der Waals surface area contributed by atoms with Crippen LogP contribution in [0.25, 0.3) is 10.4 Å². The van der Waals surface area contributed by atoms with Gasteiger partial charge in [0.15, 0.2) is 0 Å². The highest BCUT2D eigenvalue weighted by Crippen LogP contribution is 2.33. The number of aromatic amines is 1. The summed E-state index contributed by atoms with van der Waals surface area (Å²) in [6, 6.07) is 3.78. The second-order valence-electron chi connectivity index (χ2n) is 6.48. The molecule has 1 fully saturated rings. The summed E-state index contributed by atoms with van der Waals surface area (Å²) in [5, 5.41) is 3.07. The maximum atomic E-state index is 12.6. The normalized spacial score (nSPS) is 16.3. The van der Waals surface area contributed by atoms with Gasteiger partial charge in [-0.3, -0.25) is 9.69 Å². The van der Waals surface area contributed by atoms with E-state index in [1.165, 1.54) is 11.3 Å². The van der Waals surface area contributed by atoms with Crippen LogP contribution in [0, 0.1) is 0 Å². The molecule has 24 heavy (non-hydrogen) atoms. The molecule has 0 atom stereocenters. The van der Waals surface area contributed by atoms with Crippen molar-refractivity contribution in [1.29, 1.82) is 0 Å². The third-order valence-corrected chi connectivity index (χ3v) is 5.64. The number of halogens is 1. The molecule has 2 N–H and O–H groups in total. The van der Waals surface area contributed by atoms with Crippen molar-refractivity contribution in [3.05, 3.63) is 34.4 Å². The van der Waals surface area contributed by atoms with Gasteiger partial charge in [-0.2, -0.15) is 0 Å². The van der Waals surface area contributed by atoms with Crippen molar-refractivity contribution in [3.8, 4) is 10.4 Å². The average molecular weight is 368 g/mol. The largest absolute Gasteiger partial charge is 0.379 e. The lowest BCUT2D eigenvalue weighted by Gasteiger charge is -2.40. The number of morpholine rings is 1. The SMILES string of the molecule is CC(C)(CNC(=O)c1c[nH]cc1-c1ccc(Cl)s1)N1CCOCC1. The Kier molecular flexibility index (Phi) is 5.30. The van der Waals surface area contributed by atoms with E-state index in [1.54, 1.807) is 6.20 Å². The van der Waals surface area contributed by atoms with E-state index < -0.39 is 0 Å². The number of hydrogen-bond acceptors (Lipinski definition) is 4. The second-order valence-corrected chi connectivity index (χ2v) is 8.20. The van der Waals surface area contributed by atoms with Crippen molar-refractivity contribution < 1.29 is 9.53 Å². The quantitative estimate of drug-likeness (QED) is 0.853. The molecular formula is C17H22ClN3O2S. The summed E-state index contributed by atoms with van der Waals surface area (Å²) in [5.41, 5.74) is 1.42. The molecule has 1 aliphatic heterocycles. The molecule has 0 aromatic carbocycles. The molecule has 0 bridgehead atoms. The van der Waals surface area contributed by atoms with Gasteiger partial charge in [-0.25, -0.2) is 0 Å². The summed E-state index contributed by atoms with van der Waals surface area (Å²) in [5.74, 6) is -0.0721. The summed E-state index contributed by atoms with van der Waals surface area (Å²) < 4.78 is 6.12. The Bertz CT molecular complexity index is 704. The van der Waals surface area contributed by atoms with Gasteiger partial charge in [0, 0.05) is 48.0 Å². The maximum absolute atomic E-state index is 12.6. The first-order valence-corrected chi connectivity index (χ1v) is 9.20. The molecule has 0 radical (unpaired) electrons. The molecule has 0 unspecified atom stereocenters. The van der Waals surface area contributed by atoms with Gasteiger partial charge >= 0.3 is 0 Å². The first-order valence-electron chi connectivity index (χ1n) is 8.01. The van der Waals surface area contributed by atoms with Crippen molar-refractivity contribution in [2.24, 2.45) is 0 Å². The molecule has 7 heteroatoms. The number of ether oxygens (including phenoxy) is 1. The number of H-pyrrole nitrogens is 1. The minimum absolute atomic E-state index is 0.0721. The van der Waals surface area contributed by atoms with E-state index in [1.807, 2.05) is 18.3 Å². The summed E-state index contributed by atoms with van der Waals surface area (Å²) >= 11 is 7.47. The monoisotopic (exact) mass is 367 g/mol. The van der Waals surface area contributed by atoms with Gasteiger partial charge in [0.25, 0.3) is 5.91 Å². The molecule has 0 spiro atoms. The fourth-order valence-electron chi connectivity index (χ4n) is 2.89. The summed E-state index contributed by atoms with van der Waals surface area (Å²) in [4.78, 5) is 19.0. The Balaban J connectivity index is 1.66. The number of nitrogens with one attached hydrogen (secondary N) is 2. The van der Waals surface area contributed by atoms with E-state index >= 15 is 0 Å². The van der Waals surface area contributed by atoms with Crippen LogP contribution in [0.2, 0.25) is 4.34 Å². The zero-order valence-corrected chi connectivity index (χ0v) is 15.5. The van der Waals surface area contributed by atoms with Gasteiger partial charge in [0.1, 0.15) is 0 Å². The minimum Gasteiger partial charge on any atom is -0.379 e. The lowest BCUT2D eigenvalue weighted by molar-refractivity contribution is -0.00923. The highest BCUT2D eigenvalue weighted by atomic mass is 35.5. The van der Waals surface area contributed by atoms with Crippen molar-refractivity contribution in [3.63, 3.8) is 0 Å². The lowest BCUT2D eigenvalue weighted by Crippen LogP contribution is -2.55. The molecule has 0 aliphatic carbocycles. The van der Waals surface area contributed by atoms with Gasteiger partial charge in [-0.1, -0.05) is 11.6 Å². The average Bonchev–Trinajstić information content (AvgIpc) is 3.22. The molecule has 0 saturated carbocycles. The zero-order chi connectivity index (χ0) is 17.2. The first kappa shape index (κ1) is 17.5. The topological polar surface area (TPSA) is 57.4 Å². The molecule has 3 heterocycles. The predicted octanol–water partition coefficient (Wildman–Crippen LogP) is 3.24. The Morgan fingerprint density at radius 1 is 1.38 bits per heavy atom. The fourth-order valence-corrected chi connectivity index (χ4v) is 3.96. The number of aromatic nitrogens is 1. The van der Waals surface area contributed by atoms with Crippen molar-refractivity contribution in [1.82, 2.24) is 15.2 Å². The van der Waals surface area contributed by atoms with Crippen LogP contribution in [0.5, 0.6) is 0 Å². The van der Waals surface area contributed by atoms with E-state index in [0.717, 1.165) is 36.7 Å². The molecule has 2 aromatic rings. The summed E-state index contributed by atoms with van der Waals surface area (Å²) in [6.07, 6.45) is 3.57. The van der Waals surface area contributed by atoms with E-state index in [0.29, 0.717) is 16.4 Å². The number of thiophene rings is 1. The molecule has 1 amide bonds. The summed E-state index contributed by atoms with van der Waals surface area (Å²) in [6.45, 7) is 8.17. The third-order valence-electron chi connectivity index (χ3n) is 4.38. The number of hydrogen-bond donors (Lipinski definition) is 2. The number of carbonyl (C=O) groups excluding carboxylic acids is 1. The van der Waals surface area contributed by atoms with Crippen LogP contribution in [-0.4, -0.2) is 54.2 Å². The van der Waals surface area contributed by atoms with Crippen molar-refractivity contribution in [2.75, 3.05) is 32.8 Å². The molecular weight excluding hydrogens is 346 g/mol. The molecule has 130 valence electrons. The Hall–Kier alpha value is -1.34. The van der Waals surface area contributed by atoms with Crippen LogP contribution >= 0.6 is 22.9 Å². The lowest BCUT2D eigenvalue weighted by atomic mass is 10.0. The van der Waals surface area contributed by atoms with Gasteiger partial charge in [-0.05, 0) is 26.0 Å². The molecule has 1 saturated heterocycles. The van der Waals surface area contributed by atoms with E-state index in [9.17, 15) is 4.79 Å². The number of rotatable bonds is 5. The van der Waals surface area contributed by atoms with Gasteiger partial charge < -0.3 is 15.0 Å². The number of amides is 1. The van der Waals surface area contributed by atoms with E-state index in [-0.39, 0.29) is 11.4 Å². The smallest absolute Gasteiger partial charge is 0.253 e. The molecule has 3 rings (SSSR count). The standard InChI is InChI=1S/C17H22ClN3O2S/c1-17(2,21-5-7-23-8-6-21)11-20-16(22)13-10-19-9-12(13)14-3-4-15(18)24-14/h3-4,9-10,19H,5-8,11H2,1-2H3,(H,20,22). The first-order chi connectivity index (χ1) is 11.5. The predicted molar refractivity (Wildman–Crippen MR) is 97.9 cm³/mol. The van der Waals surface area contributed by atoms with Crippen LogP contribution < -0.4 is 5.32 Å². The maximum Gasteiger partial charge on any atom is 0.253 e. The Labute approximate surface area is 151 Å². The van der Waals surface area contributed by atoms with Crippen LogP contribution in [0.4, 0.5) is 0 Å². The van der Waals surface area contributed by atoms with Crippen LogP contribution in [-0.2, 0) is 4.74 Å². The Morgan fingerprint density at radius 3 is 2.79 bits per heavy atom. The van der Waals surface area contributed by atoms with E-state index in [4.69, 9.17) is 16.3 Å². The fraction of sp³-hybridized carbons (Fsp3) is 0.471. The second kappa shape index (κ2) is 7.27. The van der Waals surface area contributed by atoms with Crippen LogP contribution in [0.15, 0.2) is 24.5 Å². The van der Waals surface area contributed by atoms with Crippen LogP contribution in [0.3, 0.4) is 0 Å². The number of nitrogens with zero attached hydrogens (tertiary/aromatic N) is 1. The third kappa shape index (κ3) is 3.83. The van der Waals surface area contributed by atoms with Gasteiger partial charge in [0.05, 0.1) is 23.1 Å². The van der Waals surface area contributed by atoms with Crippen LogP contribution in [0.1, 0.15) is 24.2 Å². The van der Waals surface area contributed by atoms with E-state index in [2.05, 4.69) is 29.0 Å². The van der Waals surface area contributed by atoms with Crippen molar-refractivity contribution >= 4 is 28.8 Å². The highest BCUT2D eigenvalue weighted by molar-refractivity contribution is 7.19. The zero-order valence-electron chi connectivity index (χ0n) is 13.9. The highest BCUT2D eigenvalue weighted by Gasteiger charge is 2.29. The molecule has 2 aromatic heterocycles. The number of carbonyl (C=O) groups is 1. The Morgan fingerprint density at radius 2 is 2.12 bits per heavy atom. The van der Waals surface area contributed by atoms with Gasteiger partial charge in [-0.15, -0.1) is 11.3 Å². The molecule has 5 nitrogen and oxygen atoms in total. The van der Waals surface area contributed by atoms with Crippen molar-refractivity contribution in [2.45, 2.75) is 19.4 Å². The minimum atomic E-state index is -0.109. The molecule has 1 aliphatic rings. The van der Waals surface area contributed by atoms with Gasteiger partial charge in [0.2, 0.25) is 0 Å². The summed E-state index contributed by atoms with van der Waals surface area (Å²) in [7, 11) is 0.